The number of oxime groups is 1. The molecule has 3 rings (SSSR count). The van der Waals surface area contributed by atoms with Crippen molar-refractivity contribution in [2.75, 3.05) is 7.11 Å². The van der Waals surface area contributed by atoms with E-state index in [9.17, 15) is 0 Å². The lowest BCUT2D eigenvalue weighted by molar-refractivity contribution is 0.0628. The number of benzene rings is 1. The van der Waals surface area contributed by atoms with Crippen LogP contribution in [0.1, 0.15) is 38.2 Å². The third kappa shape index (κ3) is 3.01. The first-order chi connectivity index (χ1) is 10.2. The largest absolute Gasteiger partial charge is 0.399 e. The van der Waals surface area contributed by atoms with Crippen molar-refractivity contribution in [1.82, 2.24) is 0 Å². The lowest BCUT2D eigenvalue weighted by Crippen LogP contribution is -2.26. The van der Waals surface area contributed by atoms with E-state index in [2.05, 4.69) is 58.9 Å². The Balaban J connectivity index is 2.09. The first kappa shape index (κ1) is 15.0. The summed E-state index contributed by atoms with van der Waals surface area (Å²) < 4.78 is 7.38. The molecular weight excluding hydrogens is 377 g/mol. The van der Waals surface area contributed by atoms with Crippen molar-refractivity contribution in [3.63, 3.8) is 0 Å². The third-order valence-electron chi connectivity index (χ3n) is 4.23. The molecule has 0 spiro atoms. The lowest BCUT2D eigenvalue weighted by Gasteiger charge is -2.28. The Morgan fingerprint density at radius 1 is 1.33 bits per heavy atom. The summed E-state index contributed by atoms with van der Waals surface area (Å²) in [6, 6.07) is 8.75. The highest BCUT2D eigenvalue weighted by molar-refractivity contribution is 14.1. The molecule has 112 valence electrons. The smallest absolute Gasteiger partial charge is 0.106 e. The van der Waals surface area contributed by atoms with Crippen LogP contribution in [0.3, 0.4) is 0 Å². The third-order valence-corrected chi connectivity index (χ3v) is 4.95. The highest BCUT2D eigenvalue weighted by atomic mass is 127. The number of ether oxygens (including phenoxy) is 1. The van der Waals surface area contributed by atoms with Crippen LogP contribution in [0.2, 0.25) is 0 Å². The lowest BCUT2D eigenvalue weighted by atomic mass is 9.89. The number of nitrogens with zero attached hydrogens (tertiary/aromatic N) is 1. The van der Waals surface area contributed by atoms with Gasteiger partial charge in [-0.3, -0.25) is 0 Å². The van der Waals surface area contributed by atoms with E-state index in [0.717, 1.165) is 31.4 Å². The van der Waals surface area contributed by atoms with E-state index in [0.29, 0.717) is 6.10 Å². The second kappa shape index (κ2) is 6.48. The molecule has 2 aliphatic heterocycles. The number of rotatable bonds is 4. The van der Waals surface area contributed by atoms with Crippen molar-refractivity contribution >= 4 is 33.9 Å². The molecule has 2 atom stereocenters. The number of hydrogen-bond acceptors (Lipinski definition) is 3. The van der Waals surface area contributed by atoms with E-state index in [1.165, 1.54) is 20.3 Å². The molecule has 3 nitrogen and oxygen atoms in total. The first-order valence-electron chi connectivity index (χ1n) is 7.47. The van der Waals surface area contributed by atoms with E-state index in [1.807, 2.05) is 0 Å². The summed E-state index contributed by atoms with van der Waals surface area (Å²) in [5.74, 6) is 0. The molecule has 2 aliphatic rings. The Kier molecular flexibility index (Phi) is 4.64. The minimum Gasteiger partial charge on any atom is -0.399 e. The Morgan fingerprint density at radius 2 is 2.10 bits per heavy atom. The number of halogens is 1. The second-order valence-corrected chi connectivity index (χ2v) is 6.75. The van der Waals surface area contributed by atoms with Gasteiger partial charge in [-0.15, -0.1) is 0 Å². The predicted molar refractivity (Wildman–Crippen MR) is 93.3 cm³/mol. The van der Waals surface area contributed by atoms with Crippen LogP contribution in [0.25, 0.3) is 5.57 Å². The standard InChI is InChI=1S/C17H20INO2/c1-3-15(19-20-2)17-14(10-13-8-9-16(17)21-13)11-4-6-12(18)7-5-11/h4-7,13,16H,3,8-10H2,1-2H3/t13?,16-/m1/s1. The fourth-order valence-electron chi connectivity index (χ4n) is 3.30. The molecule has 0 saturated carbocycles. The van der Waals surface area contributed by atoms with Crippen molar-refractivity contribution in [2.45, 2.75) is 44.8 Å². The molecule has 1 fully saturated rings. The van der Waals surface area contributed by atoms with Crippen molar-refractivity contribution in [1.29, 1.82) is 0 Å². The molecule has 21 heavy (non-hydrogen) atoms. The normalized spacial score (nSPS) is 25.4. The van der Waals surface area contributed by atoms with Crippen LogP contribution in [-0.2, 0) is 9.57 Å². The average Bonchev–Trinajstić information content (AvgIpc) is 2.88. The molecule has 2 heterocycles. The molecule has 1 aromatic carbocycles. The zero-order valence-corrected chi connectivity index (χ0v) is 14.6. The summed E-state index contributed by atoms with van der Waals surface area (Å²) in [5.41, 5.74) is 4.97. The van der Waals surface area contributed by atoms with Crippen LogP contribution in [0.4, 0.5) is 0 Å². The predicted octanol–water partition coefficient (Wildman–Crippen LogP) is 4.41. The number of hydrogen-bond donors (Lipinski definition) is 0. The van der Waals surface area contributed by atoms with E-state index >= 15 is 0 Å². The summed E-state index contributed by atoms with van der Waals surface area (Å²) in [7, 11) is 1.61. The molecule has 4 heteroatoms. The van der Waals surface area contributed by atoms with Gasteiger partial charge in [-0.2, -0.15) is 0 Å². The SMILES string of the molecule is CCC(=NOC)C1=C(c2ccc(I)cc2)CC2CC[C@H]1O2. The van der Waals surface area contributed by atoms with Gasteiger partial charge >= 0.3 is 0 Å². The monoisotopic (exact) mass is 397 g/mol. The van der Waals surface area contributed by atoms with E-state index in [4.69, 9.17) is 9.57 Å². The van der Waals surface area contributed by atoms with E-state index < -0.39 is 0 Å². The average molecular weight is 397 g/mol. The van der Waals surface area contributed by atoms with E-state index in [1.54, 1.807) is 7.11 Å². The molecule has 0 aliphatic carbocycles. The zero-order chi connectivity index (χ0) is 14.8. The van der Waals surface area contributed by atoms with Gasteiger partial charge < -0.3 is 9.57 Å². The molecule has 2 bridgehead atoms. The van der Waals surface area contributed by atoms with Crippen LogP contribution in [0.15, 0.2) is 35.0 Å². The fourth-order valence-corrected chi connectivity index (χ4v) is 3.66. The molecule has 1 aromatic rings. The van der Waals surface area contributed by atoms with Crippen LogP contribution in [0, 0.1) is 3.57 Å². The van der Waals surface area contributed by atoms with Gasteiger partial charge in [-0.05, 0) is 71.5 Å². The maximum atomic E-state index is 6.12. The van der Waals surface area contributed by atoms with Gasteiger partial charge in [0.2, 0.25) is 0 Å². The fraction of sp³-hybridized carbons (Fsp3) is 0.471. The second-order valence-electron chi connectivity index (χ2n) is 5.50. The van der Waals surface area contributed by atoms with Crippen LogP contribution in [0.5, 0.6) is 0 Å². The molecule has 1 saturated heterocycles. The molecule has 0 N–H and O–H groups in total. The highest BCUT2D eigenvalue weighted by Crippen LogP contribution is 2.41. The van der Waals surface area contributed by atoms with Crippen molar-refractivity contribution < 1.29 is 9.57 Å². The molecule has 0 radical (unpaired) electrons. The summed E-state index contributed by atoms with van der Waals surface area (Å²) in [4.78, 5) is 5.05. The minimum atomic E-state index is 0.187. The summed E-state index contributed by atoms with van der Waals surface area (Å²) in [5, 5.41) is 4.25. The zero-order valence-electron chi connectivity index (χ0n) is 12.4. The summed E-state index contributed by atoms with van der Waals surface area (Å²) in [6.45, 7) is 2.12. The van der Waals surface area contributed by atoms with E-state index in [-0.39, 0.29) is 6.10 Å². The summed E-state index contributed by atoms with van der Waals surface area (Å²) >= 11 is 2.34. The van der Waals surface area contributed by atoms with Crippen LogP contribution < -0.4 is 0 Å². The van der Waals surface area contributed by atoms with Gasteiger partial charge in [0.1, 0.15) is 7.11 Å². The first-order valence-corrected chi connectivity index (χ1v) is 8.55. The maximum absolute atomic E-state index is 6.12. The Morgan fingerprint density at radius 3 is 2.76 bits per heavy atom. The molecular formula is C17H20INO2. The molecule has 0 aromatic heterocycles. The van der Waals surface area contributed by atoms with Gasteiger partial charge in [-0.25, -0.2) is 0 Å². The van der Waals surface area contributed by atoms with Crippen LogP contribution in [-0.4, -0.2) is 25.0 Å². The highest BCUT2D eigenvalue weighted by Gasteiger charge is 2.37. The maximum Gasteiger partial charge on any atom is 0.106 e. The summed E-state index contributed by atoms with van der Waals surface area (Å²) in [6.07, 6.45) is 4.64. The van der Waals surface area contributed by atoms with Gasteiger partial charge in [-0.1, -0.05) is 24.2 Å². The molecule has 0 amide bonds. The van der Waals surface area contributed by atoms with Gasteiger partial charge in [0.05, 0.1) is 17.9 Å². The molecule has 1 unspecified atom stereocenters. The Labute approximate surface area is 139 Å². The van der Waals surface area contributed by atoms with Crippen molar-refractivity contribution in [3.05, 3.63) is 39.0 Å². The van der Waals surface area contributed by atoms with Crippen molar-refractivity contribution in [2.24, 2.45) is 5.16 Å². The van der Waals surface area contributed by atoms with Gasteiger partial charge in [0, 0.05) is 9.14 Å². The Bertz CT molecular complexity index is 577. The van der Waals surface area contributed by atoms with Crippen LogP contribution >= 0.6 is 22.6 Å². The van der Waals surface area contributed by atoms with Crippen molar-refractivity contribution in [3.8, 4) is 0 Å². The number of fused-ring (bicyclic) bond motifs is 2. The Hall–Kier alpha value is -0.880. The minimum absolute atomic E-state index is 0.187. The van der Waals surface area contributed by atoms with Gasteiger partial charge in [0.25, 0.3) is 0 Å². The quantitative estimate of drug-likeness (QED) is 0.428. The topological polar surface area (TPSA) is 30.8 Å². The van der Waals surface area contributed by atoms with Gasteiger partial charge in [0.15, 0.2) is 0 Å².